The highest BCUT2D eigenvalue weighted by molar-refractivity contribution is 5.53. The number of nitrogens with zero attached hydrogens (tertiary/aromatic N) is 2. The highest BCUT2D eigenvalue weighted by Crippen LogP contribution is 2.23. The molecule has 0 aliphatic carbocycles. The number of hydrogen-bond acceptors (Lipinski definition) is 3. The number of anilines is 1. The zero-order valence-corrected chi connectivity index (χ0v) is 11.7. The highest BCUT2D eigenvalue weighted by atomic mass is 15.1. The molecule has 3 nitrogen and oxygen atoms in total. The van der Waals surface area contributed by atoms with Gasteiger partial charge in [0.2, 0.25) is 0 Å². The van der Waals surface area contributed by atoms with E-state index in [9.17, 15) is 0 Å². The smallest absolute Gasteiger partial charge is 0.0445 e. The molecule has 1 aromatic rings. The van der Waals surface area contributed by atoms with Crippen molar-refractivity contribution in [3.63, 3.8) is 0 Å². The molecule has 96 valence electrons. The van der Waals surface area contributed by atoms with Crippen molar-refractivity contribution >= 4 is 5.69 Å². The van der Waals surface area contributed by atoms with Crippen LogP contribution < -0.4 is 10.6 Å². The average molecular weight is 235 g/mol. The summed E-state index contributed by atoms with van der Waals surface area (Å²) in [5.41, 5.74) is 9.15. The maximum absolute atomic E-state index is 5.77. The Morgan fingerprint density at radius 1 is 1.35 bits per heavy atom. The monoisotopic (exact) mass is 235 g/mol. The number of aromatic nitrogens is 1. The van der Waals surface area contributed by atoms with Gasteiger partial charge in [-0.2, -0.15) is 0 Å². The Bertz CT molecular complexity index is 360. The van der Waals surface area contributed by atoms with Crippen molar-refractivity contribution in [1.29, 1.82) is 0 Å². The van der Waals surface area contributed by atoms with Crippen molar-refractivity contribution in [2.45, 2.75) is 46.7 Å². The Labute approximate surface area is 105 Å². The standard InChI is InChI=1S/C14H25N3/c1-10(2)6-12(4)17(5)14-7-11(3)16-9-13(14)8-15/h7,9-10,12H,6,8,15H2,1-5H3. The molecule has 3 heteroatoms. The lowest BCUT2D eigenvalue weighted by molar-refractivity contribution is 0.503. The maximum atomic E-state index is 5.77. The van der Waals surface area contributed by atoms with Crippen LogP contribution in [0.15, 0.2) is 12.3 Å². The fourth-order valence-electron chi connectivity index (χ4n) is 2.14. The second-order valence-electron chi connectivity index (χ2n) is 5.25. The van der Waals surface area contributed by atoms with Gasteiger partial charge in [-0.05, 0) is 32.3 Å². The van der Waals surface area contributed by atoms with Crippen LogP contribution in [-0.2, 0) is 6.54 Å². The molecule has 0 fully saturated rings. The Morgan fingerprint density at radius 2 is 2.00 bits per heavy atom. The molecule has 2 N–H and O–H groups in total. The molecular weight excluding hydrogens is 210 g/mol. The van der Waals surface area contributed by atoms with E-state index in [2.05, 4.69) is 43.8 Å². The molecule has 1 atom stereocenters. The van der Waals surface area contributed by atoms with Crippen molar-refractivity contribution in [2.24, 2.45) is 11.7 Å². The van der Waals surface area contributed by atoms with Gasteiger partial charge in [0, 0.05) is 42.8 Å². The van der Waals surface area contributed by atoms with Gasteiger partial charge in [-0.3, -0.25) is 4.98 Å². The lowest BCUT2D eigenvalue weighted by Gasteiger charge is -2.30. The van der Waals surface area contributed by atoms with Gasteiger partial charge >= 0.3 is 0 Å². The zero-order chi connectivity index (χ0) is 13.0. The van der Waals surface area contributed by atoms with Crippen molar-refractivity contribution in [2.75, 3.05) is 11.9 Å². The van der Waals surface area contributed by atoms with Crippen LogP contribution in [-0.4, -0.2) is 18.1 Å². The van der Waals surface area contributed by atoms with Crippen molar-refractivity contribution < 1.29 is 0 Å². The van der Waals surface area contributed by atoms with Crippen LogP contribution in [0.25, 0.3) is 0 Å². The molecule has 1 unspecified atom stereocenters. The SMILES string of the molecule is Cc1cc(N(C)C(C)CC(C)C)c(CN)cn1. The molecule has 1 rings (SSSR count). The summed E-state index contributed by atoms with van der Waals surface area (Å²) in [7, 11) is 2.14. The Kier molecular flexibility index (Phi) is 4.94. The van der Waals surface area contributed by atoms with E-state index in [0.29, 0.717) is 18.5 Å². The van der Waals surface area contributed by atoms with E-state index in [1.807, 2.05) is 13.1 Å². The van der Waals surface area contributed by atoms with Gasteiger partial charge < -0.3 is 10.6 Å². The summed E-state index contributed by atoms with van der Waals surface area (Å²) < 4.78 is 0. The van der Waals surface area contributed by atoms with Crippen LogP contribution in [0.3, 0.4) is 0 Å². The first-order valence-electron chi connectivity index (χ1n) is 6.34. The Hall–Kier alpha value is -1.09. The van der Waals surface area contributed by atoms with E-state index in [-0.39, 0.29) is 0 Å². The van der Waals surface area contributed by atoms with Gasteiger partial charge in [0.25, 0.3) is 0 Å². The summed E-state index contributed by atoms with van der Waals surface area (Å²) >= 11 is 0. The maximum Gasteiger partial charge on any atom is 0.0445 e. The van der Waals surface area contributed by atoms with E-state index >= 15 is 0 Å². The molecule has 0 aliphatic heterocycles. The van der Waals surface area contributed by atoms with Gasteiger partial charge in [-0.15, -0.1) is 0 Å². The second kappa shape index (κ2) is 6.01. The number of pyridine rings is 1. The molecule has 0 aromatic carbocycles. The minimum atomic E-state index is 0.516. The normalized spacial score (nSPS) is 12.9. The fourth-order valence-corrected chi connectivity index (χ4v) is 2.14. The third-order valence-corrected chi connectivity index (χ3v) is 3.17. The molecule has 0 amide bonds. The largest absolute Gasteiger partial charge is 0.372 e. The summed E-state index contributed by atoms with van der Waals surface area (Å²) in [5, 5.41) is 0. The van der Waals surface area contributed by atoms with Crippen molar-refractivity contribution in [1.82, 2.24) is 4.98 Å². The second-order valence-corrected chi connectivity index (χ2v) is 5.25. The molecule has 17 heavy (non-hydrogen) atoms. The zero-order valence-electron chi connectivity index (χ0n) is 11.7. The van der Waals surface area contributed by atoms with E-state index in [4.69, 9.17) is 5.73 Å². The Morgan fingerprint density at radius 3 is 2.53 bits per heavy atom. The van der Waals surface area contributed by atoms with Crippen molar-refractivity contribution in [3.8, 4) is 0 Å². The predicted octanol–water partition coefficient (Wildman–Crippen LogP) is 2.72. The van der Waals surface area contributed by atoms with Gasteiger partial charge in [0.1, 0.15) is 0 Å². The minimum Gasteiger partial charge on any atom is -0.372 e. The van der Waals surface area contributed by atoms with E-state index in [0.717, 1.165) is 11.3 Å². The number of rotatable bonds is 5. The summed E-state index contributed by atoms with van der Waals surface area (Å²) in [6.07, 6.45) is 3.07. The molecule has 0 spiro atoms. The fraction of sp³-hybridized carbons (Fsp3) is 0.643. The average Bonchev–Trinajstić information content (AvgIpc) is 2.27. The topological polar surface area (TPSA) is 42.1 Å². The Balaban J connectivity index is 2.93. The van der Waals surface area contributed by atoms with Crippen molar-refractivity contribution in [3.05, 3.63) is 23.5 Å². The molecular formula is C14H25N3. The summed E-state index contributed by atoms with van der Waals surface area (Å²) in [5.74, 6) is 0.705. The van der Waals surface area contributed by atoms with Gasteiger partial charge in [-0.1, -0.05) is 13.8 Å². The molecule has 1 heterocycles. The number of hydrogen-bond donors (Lipinski definition) is 1. The predicted molar refractivity (Wildman–Crippen MR) is 74.2 cm³/mol. The molecule has 1 aromatic heterocycles. The molecule has 0 saturated carbocycles. The third-order valence-electron chi connectivity index (χ3n) is 3.17. The van der Waals surface area contributed by atoms with E-state index in [1.165, 1.54) is 12.1 Å². The summed E-state index contributed by atoms with van der Waals surface area (Å²) in [6, 6.07) is 2.64. The van der Waals surface area contributed by atoms with Crippen LogP contribution >= 0.6 is 0 Å². The number of aryl methyl sites for hydroxylation is 1. The van der Waals surface area contributed by atoms with E-state index in [1.54, 1.807) is 0 Å². The quantitative estimate of drug-likeness (QED) is 0.853. The summed E-state index contributed by atoms with van der Waals surface area (Å²) in [4.78, 5) is 6.62. The van der Waals surface area contributed by atoms with Crippen LogP contribution in [0.4, 0.5) is 5.69 Å². The molecule has 0 saturated heterocycles. The lowest BCUT2D eigenvalue weighted by atomic mass is 10.0. The van der Waals surface area contributed by atoms with E-state index < -0.39 is 0 Å². The van der Waals surface area contributed by atoms with Crippen LogP contribution in [0.1, 0.15) is 38.4 Å². The third kappa shape index (κ3) is 3.70. The molecule has 0 bridgehead atoms. The first kappa shape index (κ1) is 14.0. The molecule has 0 radical (unpaired) electrons. The number of nitrogens with two attached hydrogens (primary N) is 1. The lowest BCUT2D eigenvalue weighted by Crippen LogP contribution is -2.31. The van der Waals surface area contributed by atoms with Crippen LogP contribution in [0, 0.1) is 12.8 Å². The van der Waals surface area contributed by atoms with Crippen LogP contribution in [0.2, 0.25) is 0 Å². The van der Waals surface area contributed by atoms with Gasteiger partial charge in [-0.25, -0.2) is 0 Å². The van der Waals surface area contributed by atoms with Gasteiger partial charge in [0.05, 0.1) is 0 Å². The first-order chi connectivity index (χ1) is 7.95. The molecule has 0 aliphatic rings. The highest BCUT2D eigenvalue weighted by Gasteiger charge is 2.14. The van der Waals surface area contributed by atoms with Gasteiger partial charge in [0.15, 0.2) is 0 Å². The van der Waals surface area contributed by atoms with Crippen LogP contribution in [0.5, 0.6) is 0 Å². The minimum absolute atomic E-state index is 0.516. The first-order valence-corrected chi connectivity index (χ1v) is 6.34. The summed E-state index contributed by atoms with van der Waals surface area (Å²) in [6.45, 7) is 9.33.